The van der Waals surface area contributed by atoms with Crippen molar-refractivity contribution in [3.63, 3.8) is 0 Å². The molecule has 1 fully saturated rings. The highest BCUT2D eigenvalue weighted by Gasteiger charge is 2.62. The standard InChI is InChI=1S/C33H46N4O8S/c1-8-20(4)14-27(39)37(7)25(19(2)3)16-26(44-21(5)38)31-36-24(18-46-31)30(42)35-23(15-22-12-10-9-11-13-22)29-33(6,45-29)32(43)34-17-28(40)41/h9-13,18-20,23,25-26,29H,8,14-17H2,1-7H3,(H,34,43)(H,35,42)(H,40,41)/t20-,23-,25+,26+,29?,33?/m0/s1. The van der Waals surface area contributed by atoms with Gasteiger partial charge in [0.05, 0.1) is 6.04 Å². The highest BCUT2D eigenvalue weighted by Crippen LogP contribution is 2.40. The van der Waals surface area contributed by atoms with Crippen LogP contribution in [-0.4, -0.2) is 82.0 Å². The second-order valence-electron chi connectivity index (χ2n) is 12.4. The molecule has 2 heterocycles. The summed E-state index contributed by atoms with van der Waals surface area (Å²) in [5.74, 6) is -2.45. The number of carboxylic acids is 1. The Morgan fingerprint density at radius 2 is 1.83 bits per heavy atom. The van der Waals surface area contributed by atoms with Crippen LogP contribution in [0.2, 0.25) is 0 Å². The Bertz CT molecular complexity index is 1380. The number of aromatic nitrogens is 1. The minimum absolute atomic E-state index is 0.0178. The van der Waals surface area contributed by atoms with E-state index in [1.807, 2.05) is 58.0 Å². The van der Waals surface area contributed by atoms with Crippen molar-refractivity contribution in [3.8, 4) is 0 Å². The molecule has 1 aromatic heterocycles. The van der Waals surface area contributed by atoms with Crippen LogP contribution < -0.4 is 10.6 Å². The molecule has 2 aromatic rings. The summed E-state index contributed by atoms with van der Waals surface area (Å²) in [6.07, 6.45) is 0.480. The Hall–Kier alpha value is -3.84. The number of thiazole rings is 1. The predicted molar refractivity (Wildman–Crippen MR) is 172 cm³/mol. The van der Waals surface area contributed by atoms with Gasteiger partial charge in [0.2, 0.25) is 5.91 Å². The second kappa shape index (κ2) is 16.1. The molecule has 0 aliphatic carbocycles. The number of amides is 3. The molecule has 3 amide bonds. The van der Waals surface area contributed by atoms with E-state index in [1.54, 1.807) is 24.3 Å². The minimum atomic E-state index is -1.32. The maximum atomic E-state index is 13.5. The Morgan fingerprint density at radius 3 is 2.41 bits per heavy atom. The van der Waals surface area contributed by atoms with Crippen LogP contribution in [0.5, 0.6) is 0 Å². The molecule has 3 N–H and O–H groups in total. The molecule has 2 unspecified atom stereocenters. The average Bonchev–Trinajstić information content (AvgIpc) is 3.45. The summed E-state index contributed by atoms with van der Waals surface area (Å²) in [5, 5.41) is 16.3. The number of esters is 1. The molecule has 1 saturated heterocycles. The summed E-state index contributed by atoms with van der Waals surface area (Å²) in [5.41, 5.74) is -0.313. The van der Waals surface area contributed by atoms with E-state index < -0.39 is 54.1 Å². The fourth-order valence-electron chi connectivity index (χ4n) is 5.36. The summed E-state index contributed by atoms with van der Waals surface area (Å²) in [6, 6.07) is 8.50. The van der Waals surface area contributed by atoms with Gasteiger partial charge in [0.15, 0.2) is 11.7 Å². The summed E-state index contributed by atoms with van der Waals surface area (Å²) in [6.45, 7) is 10.4. The highest BCUT2D eigenvalue weighted by molar-refractivity contribution is 7.09. The number of nitrogens with zero attached hydrogens (tertiary/aromatic N) is 2. The van der Waals surface area contributed by atoms with Crippen LogP contribution in [-0.2, 0) is 35.1 Å². The number of carbonyl (C=O) groups excluding carboxylic acids is 4. The SMILES string of the molecule is CC[C@H](C)CC(=O)N(C)[C@H](C[C@@H](OC(C)=O)c1nc(C(=O)N[C@@H](Cc2ccccc2)C2OC2(C)C(=O)NCC(=O)O)cs1)C(C)C. The number of carbonyl (C=O) groups is 5. The fraction of sp³-hybridized carbons (Fsp3) is 0.576. The molecule has 46 heavy (non-hydrogen) atoms. The molecule has 252 valence electrons. The number of aliphatic carboxylic acids is 1. The lowest BCUT2D eigenvalue weighted by Gasteiger charge is -2.34. The van der Waals surface area contributed by atoms with E-state index in [-0.39, 0.29) is 29.5 Å². The Kier molecular flexibility index (Phi) is 12.8. The van der Waals surface area contributed by atoms with Crippen molar-refractivity contribution in [2.75, 3.05) is 13.6 Å². The number of ether oxygens (including phenoxy) is 2. The fourth-order valence-corrected chi connectivity index (χ4v) is 6.20. The molecule has 0 bridgehead atoms. The largest absolute Gasteiger partial charge is 0.480 e. The zero-order valence-corrected chi connectivity index (χ0v) is 28.4. The number of hydrogen-bond acceptors (Lipinski definition) is 9. The van der Waals surface area contributed by atoms with Gasteiger partial charge in [0.25, 0.3) is 11.8 Å². The second-order valence-corrected chi connectivity index (χ2v) is 13.3. The number of rotatable bonds is 17. The normalized spacial score (nSPS) is 19.8. The van der Waals surface area contributed by atoms with Crippen molar-refractivity contribution in [2.45, 2.75) is 97.1 Å². The molecular weight excluding hydrogens is 612 g/mol. The molecule has 1 aliphatic rings. The molecule has 13 heteroatoms. The lowest BCUT2D eigenvalue weighted by molar-refractivity contribution is -0.148. The topological polar surface area (TPSA) is 168 Å². The van der Waals surface area contributed by atoms with Gasteiger partial charge in [-0.2, -0.15) is 0 Å². The van der Waals surface area contributed by atoms with Crippen LogP contribution in [0.25, 0.3) is 0 Å². The van der Waals surface area contributed by atoms with Gasteiger partial charge in [-0.15, -0.1) is 11.3 Å². The van der Waals surface area contributed by atoms with Crippen molar-refractivity contribution in [2.24, 2.45) is 11.8 Å². The first-order chi connectivity index (χ1) is 21.7. The lowest BCUT2D eigenvalue weighted by atomic mass is 9.95. The van der Waals surface area contributed by atoms with Crippen LogP contribution in [0, 0.1) is 11.8 Å². The quantitative estimate of drug-likeness (QED) is 0.169. The molecule has 0 spiro atoms. The molecule has 0 radical (unpaired) electrons. The molecule has 6 atom stereocenters. The van der Waals surface area contributed by atoms with E-state index in [0.717, 1.165) is 12.0 Å². The molecule has 1 aliphatic heterocycles. The van der Waals surface area contributed by atoms with Crippen molar-refractivity contribution >= 4 is 41.0 Å². The van der Waals surface area contributed by atoms with E-state index in [2.05, 4.69) is 15.6 Å². The van der Waals surface area contributed by atoms with Gasteiger partial charge in [-0.05, 0) is 30.7 Å². The van der Waals surface area contributed by atoms with Crippen molar-refractivity contribution in [3.05, 3.63) is 52.0 Å². The number of epoxide rings is 1. The van der Waals surface area contributed by atoms with Crippen molar-refractivity contribution in [1.82, 2.24) is 20.5 Å². The van der Waals surface area contributed by atoms with Crippen LogP contribution in [0.4, 0.5) is 0 Å². The van der Waals surface area contributed by atoms with E-state index in [0.29, 0.717) is 24.3 Å². The van der Waals surface area contributed by atoms with Gasteiger partial charge < -0.3 is 30.1 Å². The van der Waals surface area contributed by atoms with Crippen molar-refractivity contribution in [1.29, 1.82) is 0 Å². The monoisotopic (exact) mass is 658 g/mol. The maximum Gasteiger partial charge on any atom is 0.322 e. The zero-order valence-electron chi connectivity index (χ0n) is 27.6. The first-order valence-electron chi connectivity index (χ1n) is 15.6. The van der Waals surface area contributed by atoms with Gasteiger partial charge in [0, 0.05) is 38.2 Å². The third-order valence-corrected chi connectivity index (χ3v) is 9.30. The number of hydrogen-bond donors (Lipinski definition) is 3. The highest BCUT2D eigenvalue weighted by atomic mass is 32.1. The summed E-state index contributed by atoms with van der Waals surface area (Å²) in [7, 11) is 1.77. The van der Waals surface area contributed by atoms with Crippen LogP contribution in [0.1, 0.15) is 88.0 Å². The predicted octanol–water partition coefficient (Wildman–Crippen LogP) is 3.76. The number of carboxylic acid groups (broad SMARTS) is 1. The maximum absolute atomic E-state index is 13.5. The molecule has 0 saturated carbocycles. The molecule has 3 rings (SSSR count). The van der Waals surface area contributed by atoms with Crippen molar-refractivity contribution < 1.29 is 38.6 Å². The van der Waals surface area contributed by atoms with E-state index in [9.17, 15) is 24.0 Å². The third kappa shape index (κ3) is 9.83. The number of nitrogens with one attached hydrogen (secondary N) is 2. The number of benzene rings is 1. The van der Waals surface area contributed by atoms with Crippen LogP contribution in [0.3, 0.4) is 0 Å². The van der Waals surface area contributed by atoms with Gasteiger partial charge >= 0.3 is 11.9 Å². The third-order valence-electron chi connectivity index (χ3n) is 8.36. The zero-order chi connectivity index (χ0) is 34.2. The van der Waals surface area contributed by atoms with Crippen LogP contribution >= 0.6 is 11.3 Å². The van der Waals surface area contributed by atoms with Gasteiger partial charge in [-0.25, -0.2) is 4.98 Å². The first-order valence-corrected chi connectivity index (χ1v) is 16.4. The average molecular weight is 659 g/mol. The van der Waals surface area contributed by atoms with E-state index >= 15 is 0 Å². The summed E-state index contributed by atoms with van der Waals surface area (Å²) in [4.78, 5) is 68.6. The Balaban J connectivity index is 1.80. The van der Waals surface area contributed by atoms with E-state index in [1.165, 1.54) is 18.3 Å². The Morgan fingerprint density at radius 1 is 1.15 bits per heavy atom. The van der Waals surface area contributed by atoms with Gasteiger partial charge in [-0.1, -0.05) is 64.4 Å². The minimum Gasteiger partial charge on any atom is -0.480 e. The first kappa shape index (κ1) is 36.6. The lowest BCUT2D eigenvalue weighted by Crippen LogP contribution is -2.47. The Labute approximate surface area is 274 Å². The van der Waals surface area contributed by atoms with Crippen LogP contribution in [0.15, 0.2) is 35.7 Å². The van der Waals surface area contributed by atoms with E-state index in [4.69, 9.17) is 14.6 Å². The molecular formula is C33H46N4O8S. The molecule has 12 nitrogen and oxygen atoms in total. The summed E-state index contributed by atoms with van der Waals surface area (Å²) < 4.78 is 11.4. The molecule has 1 aromatic carbocycles. The smallest absolute Gasteiger partial charge is 0.322 e. The van der Waals surface area contributed by atoms with Gasteiger partial charge in [-0.3, -0.25) is 24.0 Å². The summed E-state index contributed by atoms with van der Waals surface area (Å²) >= 11 is 1.18. The van der Waals surface area contributed by atoms with Gasteiger partial charge in [0.1, 0.15) is 23.4 Å².